The summed E-state index contributed by atoms with van der Waals surface area (Å²) in [6.45, 7) is 0. The summed E-state index contributed by atoms with van der Waals surface area (Å²) in [6.07, 6.45) is 3.75. The molecule has 4 rings (SSSR count). The summed E-state index contributed by atoms with van der Waals surface area (Å²) in [7, 11) is 0. The Bertz CT molecular complexity index is 1040. The van der Waals surface area contributed by atoms with Crippen LogP contribution in [0, 0.1) is 0 Å². The largest absolute Gasteiger partial charge is 0.322 e. The van der Waals surface area contributed by atoms with Gasteiger partial charge in [0.05, 0.1) is 0 Å². The summed E-state index contributed by atoms with van der Waals surface area (Å²) >= 11 is 0. The minimum atomic E-state index is -0.0614. The maximum Gasteiger partial charge on any atom is 0.255 e. The van der Waals surface area contributed by atoms with E-state index in [4.69, 9.17) is 0 Å². The lowest BCUT2D eigenvalue weighted by molar-refractivity contribution is 0.102. The molecule has 0 fully saturated rings. The van der Waals surface area contributed by atoms with E-state index in [0.717, 1.165) is 36.9 Å². The molecule has 4 aromatic rings. The zero-order valence-electron chi connectivity index (χ0n) is 17.6. The van der Waals surface area contributed by atoms with E-state index in [-0.39, 0.29) is 5.91 Å². The van der Waals surface area contributed by atoms with Crippen molar-refractivity contribution in [1.29, 1.82) is 0 Å². The Morgan fingerprint density at radius 2 is 0.935 bits per heavy atom. The Labute approximate surface area is 184 Å². The molecule has 0 aliphatic carbocycles. The second-order valence-electron chi connectivity index (χ2n) is 7.83. The molecular formula is C29H27NO. The van der Waals surface area contributed by atoms with Crippen molar-refractivity contribution in [2.75, 3.05) is 5.32 Å². The summed E-state index contributed by atoms with van der Waals surface area (Å²) in [4.78, 5) is 13.0. The molecule has 0 saturated carbocycles. The van der Waals surface area contributed by atoms with Crippen LogP contribution in [0.25, 0.3) is 0 Å². The first kappa shape index (κ1) is 20.6. The second-order valence-corrected chi connectivity index (χ2v) is 7.83. The van der Waals surface area contributed by atoms with Crippen molar-refractivity contribution in [3.05, 3.63) is 137 Å². The molecule has 0 aliphatic rings. The van der Waals surface area contributed by atoms with Gasteiger partial charge in [-0.1, -0.05) is 84.9 Å². The topological polar surface area (TPSA) is 29.1 Å². The molecule has 0 spiro atoms. The van der Waals surface area contributed by atoms with Gasteiger partial charge in [0, 0.05) is 11.3 Å². The first-order valence-corrected chi connectivity index (χ1v) is 10.8. The van der Waals surface area contributed by atoms with Crippen LogP contribution in [0.2, 0.25) is 0 Å². The number of nitrogens with one attached hydrogen (secondary N) is 1. The maximum absolute atomic E-state index is 13.0. The molecule has 1 amide bonds. The van der Waals surface area contributed by atoms with E-state index < -0.39 is 0 Å². The number of hydrogen-bond donors (Lipinski definition) is 1. The second kappa shape index (κ2) is 10.4. The molecule has 2 heteroatoms. The van der Waals surface area contributed by atoms with E-state index >= 15 is 0 Å². The molecular weight excluding hydrogens is 378 g/mol. The normalized spacial score (nSPS) is 10.6. The summed E-state index contributed by atoms with van der Waals surface area (Å²) in [6, 6.07) is 36.9. The summed E-state index contributed by atoms with van der Waals surface area (Å²) in [5.41, 5.74) is 6.56. The SMILES string of the molecule is O=C(Nc1ccccc1)c1cc(CCc2ccccc2)cc(CCc2ccccc2)c1. The van der Waals surface area contributed by atoms with Gasteiger partial charge in [-0.3, -0.25) is 4.79 Å². The lowest BCUT2D eigenvalue weighted by Gasteiger charge is -2.11. The van der Waals surface area contributed by atoms with E-state index in [0.29, 0.717) is 0 Å². The molecule has 0 unspecified atom stereocenters. The smallest absolute Gasteiger partial charge is 0.255 e. The van der Waals surface area contributed by atoms with Crippen molar-refractivity contribution >= 4 is 11.6 Å². The summed E-state index contributed by atoms with van der Waals surface area (Å²) < 4.78 is 0. The predicted octanol–water partition coefficient (Wildman–Crippen LogP) is 6.51. The molecule has 1 N–H and O–H groups in total. The first-order chi connectivity index (χ1) is 15.3. The van der Waals surface area contributed by atoms with E-state index in [1.165, 1.54) is 22.3 Å². The maximum atomic E-state index is 13.0. The molecule has 0 saturated heterocycles. The predicted molar refractivity (Wildman–Crippen MR) is 129 cm³/mol. The number of aryl methyl sites for hydroxylation is 4. The van der Waals surface area contributed by atoms with Crippen molar-refractivity contribution in [2.45, 2.75) is 25.7 Å². The van der Waals surface area contributed by atoms with Crippen molar-refractivity contribution in [1.82, 2.24) is 0 Å². The van der Waals surface area contributed by atoms with Gasteiger partial charge in [-0.2, -0.15) is 0 Å². The fraction of sp³-hybridized carbons (Fsp3) is 0.138. The summed E-state index contributed by atoms with van der Waals surface area (Å²) in [5.74, 6) is -0.0614. The molecule has 0 atom stereocenters. The van der Waals surface area contributed by atoms with Gasteiger partial charge in [-0.05, 0) is 72.2 Å². The third-order valence-corrected chi connectivity index (χ3v) is 5.44. The van der Waals surface area contributed by atoms with Crippen molar-refractivity contribution < 1.29 is 4.79 Å². The lowest BCUT2D eigenvalue weighted by Crippen LogP contribution is -2.13. The number of carbonyl (C=O) groups excluding carboxylic acids is 1. The van der Waals surface area contributed by atoms with Crippen molar-refractivity contribution in [3.8, 4) is 0 Å². The third kappa shape index (κ3) is 6.16. The molecule has 154 valence electrons. The van der Waals surface area contributed by atoms with Crippen LogP contribution in [0.5, 0.6) is 0 Å². The average Bonchev–Trinajstić information content (AvgIpc) is 2.83. The Balaban J connectivity index is 1.54. The van der Waals surface area contributed by atoms with Gasteiger partial charge in [0.2, 0.25) is 0 Å². The Kier molecular flexibility index (Phi) is 6.92. The van der Waals surface area contributed by atoms with Gasteiger partial charge in [-0.15, -0.1) is 0 Å². The van der Waals surface area contributed by atoms with Crippen LogP contribution in [-0.4, -0.2) is 5.91 Å². The number of para-hydroxylation sites is 1. The zero-order chi connectivity index (χ0) is 21.3. The number of carbonyl (C=O) groups is 1. The lowest BCUT2D eigenvalue weighted by atomic mass is 9.96. The Morgan fingerprint density at radius 1 is 0.516 bits per heavy atom. The fourth-order valence-electron chi connectivity index (χ4n) is 3.77. The average molecular weight is 406 g/mol. The number of anilines is 1. The van der Waals surface area contributed by atoms with Gasteiger partial charge in [0.25, 0.3) is 5.91 Å². The number of hydrogen-bond acceptors (Lipinski definition) is 1. The first-order valence-electron chi connectivity index (χ1n) is 10.8. The van der Waals surface area contributed by atoms with Crippen LogP contribution in [0.15, 0.2) is 109 Å². The van der Waals surface area contributed by atoms with Crippen molar-refractivity contribution in [3.63, 3.8) is 0 Å². The summed E-state index contributed by atoms with van der Waals surface area (Å²) in [5, 5.41) is 3.02. The fourth-order valence-corrected chi connectivity index (χ4v) is 3.77. The van der Waals surface area contributed by atoms with Gasteiger partial charge in [-0.25, -0.2) is 0 Å². The standard InChI is InChI=1S/C29H27NO/c31-29(30-28-14-8-3-9-15-28)27-21-25(18-16-23-10-4-1-5-11-23)20-26(22-27)19-17-24-12-6-2-7-13-24/h1-15,20-22H,16-19H2,(H,30,31). The quantitative estimate of drug-likeness (QED) is 0.356. The van der Waals surface area contributed by atoms with Crippen molar-refractivity contribution in [2.24, 2.45) is 0 Å². The molecule has 0 bridgehead atoms. The van der Waals surface area contributed by atoms with E-state index in [9.17, 15) is 4.79 Å². The Morgan fingerprint density at radius 3 is 1.42 bits per heavy atom. The molecule has 4 aromatic carbocycles. The van der Waals surface area contributed by atoms with E-state index in [1.54, 1.807) is 0 Å². The molecule has 0 aromatic heterocycles. The highest BCUT2D eigenvalue weighted by Gasteiger charge is 2.10. The molecule has 2 nitrogen and oxygen atoms in total. The minimum Gasteiger partial charge on any atom is -0.322 e. The van der Waals surface area contributed by atoms with Crippen LogP contribution >= 0.6 is 0 Å². The van der Waals surface area contributed by atoms with Crippen LogP contribution < -0.4 is 5.32 Å². The van der Waals surface area contributed by atoms with Crippen LogP contribution in [0.1, 0.15) is 32.6 Å². The molecule has 0 aliphatic heterocycles. The highest BCUT2D eigenvalue weighted by Crippen LogP contribution is 2.17. The molecule has 0 radical (unpaired) electrons. The zero-order valence-corrected chi connectivity index (χ0v) is 17.6. The van der Waals surface area contributed by atoms with E-state index in [2.05, 4.69) is 59.9 Å². The third-order valence-electron chi connectivity index (χ3n) is 5.44. The highest BCUT2D eigenvalue weighted by molar-refractivity contribution is 6.04. The van der Waals surface area contributed by atoms with Gasteiger partial charge in [0.15, 0.2) is 0 Å². The van der Waals surface area contributed by atoms with Gasteiger partial charge >= 0.3 is 0 Å². The molecule has 0 heterocycles. The van der Waals surface area contributed by atoms with Gasteiger partial charge < -0.3 is 5.32 Å². The number of rotatable bonds is 8. The van der Waals surface area contributed by atoms with Crippen LogP contribution in [0.4, 0.5) is 5.69 Å². The van der Waals surface area contributed by atoms with Crippen LogP contribution in [0.3, 0.4) is 0 Å². The number of benzene rings is 4. The molecule has 31 heavy (non-hydrogen) atoms. The van der Waals surface area contributed by atoms with Gasteiger partial charge in [0.1, 0.15) is 0 Å². The van der Waals surface area contributed by atoms with E-state index in [1.807, 2.05) is 54.6 Å². The highest BCUT2D eigenvalue weighted by atomic mass is 16.1. The van der Waals surface area contributed by atoms with Crippen LogP contribution in [-0.2, 0) is 25.7 Å². The number of amides is 1. The monoisotopic (exact) mass is 405 g/mol. The Hall–Kier alpha value is -3.65. The minimum absolute atomic E-state index is 0.0614.